The van der Waals surface area contributed by atoms with Crippen molar-refractivity contribution in [1.29, 1.82) is 0 Å². The van der Waals surface area contributed by atoms with Crippen molar-refractivity contribution in [3.05, 3.63) is 76.6 Å². The zero-order chi connectivity index (χ0) is 26.5. The lowest BCUT2D eigenvalue weighted by molar-refractivity contribution is 0.0663. The Morgan fingerprint density at radius 2 is 1.90 bits per heavy atom. The summed E-state index contributed by atoms with van der Waals surface area (Å²) in [5, 5.41) is 8.19. The highest BCUT2D eigenvalue weighted by atomic mass is 19.1. The van der Waals surface area contributed by atoms with Gasteiger partial charge in [0.05, 0.1) is 5.52 Å². The Kier molecular flexibility index (Phi) is 5.84. The van der Waals surface area contributed by atoms with E-state index in [1.54, 1.807) is 23.3 Å². The van der Waals surface area contributed by atoms with E-state index in [9.17, 15) is 9.18 Å². The zero-order valence-electron chi connectivity index (χ0n) is 21.6. The van der Waals surface area contributed by atoms with Crippen LogP contribution in [0.4, 0.5) is 4.39 Å². The molecule has 0 spiro atoms. The Labute approximate surface area is 223 Å². The van der Waals surface area contributed by atoms with E-state index in [2.05, 4.69) is 20.2 Å². The van der Waals surface area contributed by atoms with Crippen molar-refractivity contribution in [3.8, 4) is 28.3 Å². The third-order valence-corrected chi connectivity index (χ3v) is 7.77. The van der Waals surface area contributed by atoms with Crippen molar-refractivity contribution >= 4 is 11.0 Å². The number of hydrogen-bond donors (Lipinski definition) is 1. The average molecular weight is 526 g/mol. The number of ether oxygens (including phenoxy) is 1. The first kappa shape index (κ1) is 23.9. The number of benzene rings is 1. The number of aromatic nitrogens is 7. The highest BCUT2D eigenvalue weighted by Gasteiger charge is 2.27. The van der Waals surface area contributed by atoms with Gasteiger partial charge in [-0.25, -0.2) is 18.9 Å². The Balaban J connectivity index is 1.33. The Morgan fingerprint density at radius 1 is 1.05 bits per heavy atom. The average Bonchev–Trinajstić information content (AvgIpc) is 3.58. The molecule has 2 aliphatic rings. The lowest BCUT2D eigenvalue weighted by atomic mass is 9.95. The first-order chi connectivity index (χ1) is 19.0. The van der Waals surface area contributed by atoms with Crippen LogP contribution in [0.5, 0.6) is 0 Å². The molecule has 1 N–H and O–H groups in total. The fourth-order valence-corrected chi connectivity index (χ4v) is 5.47. The van der Waals surface area contributed by atoms with Gasteiger partial charge in [-0.05, 0) is 79.5 Å². The minimum absolute atomic E-state index is 0.197. The summed E-state index contributed by atoms with van der Waals surface area (Å²) < 4.78 is 23.1. The fraction of sp³-hybridized carbons (Fsp3) is 0.345. The number of aryl methyl sites for hydroxylation is 1. The quantitative estimate of drug-likeness (QED) is 0.349. The maximum atomic E-state index is 14.4. The van der Waals surface area contributed by atoms with E-state index < -0.39 is 0 Å². The van der Waals surface area contributed by atoms with Crippen molar-refractivity contribution in [2.45, 2.75) is 38.0 Å². The highest BCUT2D eigenvalue weighted by Crippen LogP contribution is 2.41. The number of nitrogens with zero attached hydrogens (tertiary/aromatic N) is 6. The smallest absolute Gasteiger partial charge is 0.283 e. The first-order valence-corrected chi connectivity index (χ1v) is 13.4. The first-order valence-electron chi connectivity index (χ1n) is 13.4. The summed E-state index contributed by atoms with van der Waals surface area (Å²) in [6.07, 6.45) is 8.15. The predicted octanol–water partition coefficient (Wildman–Crippen LogP) is 4.56. The van der Waals surface area contributed by atoms with E-state index in [4.69, 9.17) is 9.72 Å². The van der Waals surface area contributed by atoms with Gasteiger partial charge in [0.2, 0.25) is 0 Å². The van der Waals surface area contributed by atoms with E-state index in [1.165, 1.54) is 16.7 Å². The number of aromatic amines is 1. The summed E-state index contributed by atoms with van der Waals surface area (Å²) in [5.41, 5.74) is 5.10. The van der Waals surface area contributed by atoms with Crippen molar-refractivity contribution in [2.24, 2.45) is 13.0 Å². The van der Waals surface area contributed by atoms with Crippen LogP contribution in [0.15, 0.2) is 53.8 Å². The largest absolute Gasteiger partial charge is 0.381 e. The third kappa shape index (κ3) is 4.54. The molecule has 5 heterocycles. The van der Waals surface area contributed by atoms with Gasteiger partial charge in [-0.2, -0.15) is 0 Å². The van der Waals surface area contributed by atoms with Crippen molar-refractivity contribution in [1.82, 2.24) is 34.3 Å². The SMILES string of the molecule is Cn1cnnc1-c1cc(F)ccc1-c1cc(C2CC2)nc(-n2cnc3cc(CC4CCOCC4)[nH]c3c2=O)c1. The van der Waals surface area contributed by atoms with Crippen LogP contribution in [0, 0.1) is 11.7 Å². The van der Waals surface area contributed by atoms with Gasteiger partial charge >= 0.3 is 0 Å². The van der Waals surface area contributed by atoms with Crippen LogP contribution >= 0.6 is 0 Å². The van der Waals surface area contributed by atoms with Gasteiger partial charge in [-0.3, -0.25) is 4.79 Å². The van der Waals surface area contributed by atoms with Crippen LogP contribution in [0.2, 0.25) is 0 Å². The summed E-state index contributed by atoms with van der Waals surface area (Å²) in [7, 11) is 1.82. The molecule has 0 bridgehead atoms. The number of H-pyrrole nitrogens is 1. The molecule has 1 aromatic carbocycles. The highest BCUT2D eigenvalue weighted by molar-refractivity contribution is 5.82. The summed E-state index contributed by atoms with van der Waals surface area (Å²) >= 11 is 0. The molecule has 39 heavy (non-hydrogen) atoms. The molecular formula is C29H28FN7O2. The Hall–Kier alpha value is -4.18. The van der Waals surface area contributed by atoms with Gasteiger partial charge < -0.3 is 14.3 Å². The molecule has 0 unspecified atom stereocenters. The molecule has 2 fully saturated rings. The predicted molar refractivity (Wildman–Crippen MR) is 144 cm³/mol. The van der Waals surface area contributed by atoms with Crippen molar-refractivity contribution in [2.75, 3.05) is 13.2 Å². The van der Waals surface area contributed by atoms with E-state index >= 15 is 0 Å². The second-order valence-electron chi connectivity index (χ2n) is 10.6. The number of nitrogens with one attached hydrogen (secondary N) is 1. The molecule has 10 heteroatoms. The maximum Gasteiger partial charge on any atom is 0.283 e. The van der Waals surface area contributed by atoms with Crippen LogP contribution < -0.4 is 5.56 Å². The zero-order valence-corrected chi connectivity index (χ0v) is 21.6. The minimum atomic E-state index is -0.359. The second kappa shape index (κ2) is 9.53. The molecule has 7 rings (SSSR count). The summed E-state index contributed by atoms with van der Waals surface area (Å²) in [6, 6.07) is 10.5. The van der Waals surface area contributed by atoms with Crippen LogP contribution in [-0.4, -0.2) is 47.5 Å². The summed E-state index contributed by atoms with van der Waals surface area (Å²) in [4.78, 5) is 26.5. The number of rotatable bonds is 6. The van der Waals surface area contributed by atoms with Crippen LogP contribution in [-0.2, 0) is 18.2 Å². The molecule has 5 aromatic rings. The molecule has 0 amide bonds. The number of fused-ring (bicyclic) bond motifs is 1. The fourth-order valence-electron chi connectivity index (χ4n) is 5.47. The molecular weight excluding hydrogens is 497 g/mol. The summed E-state index contributed by atoms with van der Waals surface area (Å²) in [5.74, 6) is 1.56. The van der Waals surface area contributed by atoms with Gasteiger partial charge in [0.25, 0.3) is 5.56 Å². The molecule has 0 radical (unpaired) electrons. The number of pyridine rings is 1. The molecule has 0 atom stereocenters. The van der Waals surface area contributed by atoms with Crippen LogP contribution in [0.25, 0.3) is 39.4 Å². The number of halogens is 1. The van der Waals surface area contributed by atoms with Gasteiger partial charge in [0.1, 0.15) is 29.8 Å². The Morgan fingerprint density at radius 3 is 2.67 bits per heavy atom. The topological polar surface area (TPSA) is 104 Å². The molecule has 4 aromatic heterocycles. The molecule has 1 saturated heterocycles. The molecule has 9 nitrogen and oxygen atoms in total. The summed E-state index contributed by atoms with van der Waals surface area (Å²) in [6.45, 7) is 1.57. The van der Waals surface area contributed by atoms with Crippen molar-refractivity contribution < 1.29 is 9.13 Å². The van der Waals surface area contributed by atoms with E-state index in [-0.39, 0.29) is 11.4 Å². The molecule has 1 aliphatic carbocycles. The van der Waals surface area contributed by atoms with Crippen LogP contribution in [0.3, 0.4) is 0 Å². The van der Waals surface area contributed by atoms with E-state index in [0.29, 0.717) is 40.1 Å². The van der Waals surface area contributed by atoms with Gasteiger partial charge in [0.15, 0.2) is 5.82 Å². The van der Waals surface area contributed by atoms with E-state index in [0.717, 1.165) is 67.8 Å². The lowest BCUT2D eigenvalue weighted by Gasteiger charge is -2.21. The minimum Gasteiger partial charge on any atom is -0.381 e. The van der Waals surface area contributed by atoms with Gasteiger partial charge in [0, 0.05) is 43.1 Å². The van der Waals surface area contributed by atoms with Crippen LogP contribution in [0.1, 0.15) is 43.0 Å². The normalized spacial score (nSPS) is 16.3. The molecule has 1 saturated carbocycles. The second-order valence-corrected chi connectivity index (χ2v) is 10.6. The molecule has 1 aliphatic heterocycles. The standard InChI is InChI=1S/C29H28FN7O2/c1-36-16-32-35-28(36)23-13-20(30)4-5-22(23)19-11-24(18-2-3-18)34-26(12-19)37-15-31-25-14-21(33-27(25)29(37)38)10-17-6-8-39-9-7-17/h4-5,11-18,33H,2-3,6-10H2,1H3. The third-order valence-electron chi connectivity index (χ3n) is 7.77. The monoisotopic (exact) mass is 525 g/mol. The Bertz CT molecular complexity index is 1740. The van der Waals surface area contributed by atoms with Gasteiger partial charge in [-0.1, -0.05) is 6.07 Å². The van der Waals surface area contributed by atoms with E-state index in [1.807, 2.05) is 25.2 Å². The van der Waals surface area contributed by atoms with Gasteiger partial charge in [-0.15, -0.1) is 10.2 Å². The maximum absolute atomic E-state index is 14.4. The molecule has 198 valence electrons. The lowest BCUT2D eigenvalue weighted by Crippen LogP contribution is -2.20. The van der Waals surface area contributed by atoms with Crippen molar-refractivity contribution in [3.63, 3.8) is 0 Å². The number of hydrogen-bond acceptors (Lipinski definition) is 6.